The van der Waals surface area contributed by atoms with Crippen molar-refractivity contribution in [2.75, 3.05) is 13.1 Å². The Kier molecular flexibility index (Phi) is 5.43. The number of ether oxygens (including phenoxy) is 2. The molecule has 2 amide bonds. The Labute approximate surface area is 176 Å². The van der Waals surface area contributed by atoms with E-state index in [1.54, 1.807) is 59.7 Å². The topological polar surface area (TPSA) is 67.9 Å². The number of amides is 2. The zero-order valence-corrected chi connectivity index (χ0v) is 18.3. The third-order valence-electron chi connectivity index (χ3n) is 4.70. The summed E-state index contributed by atoms with van der Waals surface area (Å²) in [6, 6.07) is 10.1. The molecule has 1 aliphatic heterocycles. The number of carbonyl (C=O) groups is 2. The van der Waals surface area contributed by atoms with Crippen LogP contribution in [0.3, 0.4) is 0 Å². The molecule has 0 aromatic heterocycles. The summed E-state index contributed by atoms with van der Waals surface area (Å²) in [5.41, 5.74) is -1.49. The molecule has 1 fully saturated rings. The molecule has 1 aliphatic rings. The zero-order valence-electron chi connectivity index (χ0n) is 18.3. The average Bonchev–Trinajstić information content (AvgIpc) is 2.55. The van der Waals surface area contributed by atoms with Crippen LogP contribution in [0.5, 0.6) is 0 Å². The number of halogens is 1. The highest BCUT2D eigenvalue weighted by Gasteiger charge is 2.50. The van der Waals surface area contributed by atoms with Crippen LogP contribution in [0, 0.1) is 5.82 Å². The number of nitrogens with one attached hydrogen (secondary N) is 1. The minimum atomic E-state index is -0.910. The van der Waals surface area contributed by atoms with Crippen LogP contribution < -0.4 is 5.32 Å². The molecule has 6 nitrogen and oxygen atoms in total. The molecule has 0 saturated carbocycles. The van der Waals surface area contributed by atoms with Gasteiger partial charge in [0, 0.05) is 5.39 Å². The fourth-order valence-corrected chi connectivity index (χ4v) is 3.56. The maximum absolute atomic E-state index is 14.4. The Bertz CT molecular complexity index is 969. The number of likely N-dealkylation sites (tertiary alicyclic amines) is 1. The lowest BCUT2D eigenvalue weighted by molar-refractivity contribution is -0.0226. The fraction of sp³-hybridized carbons (Fsp3) is 0.478. The first-order chi connectivity index (χ1) is 13.8. The molecule has 0 bridgehead atoms. The predicted molar refractivity (Wildman–Crippen MR) is 113 cm³/mol. The number of fused-ring (bicyclic) bond motifs is 1. The van der Waals surface area contributed by atoms with E-state index in [1.165, 1.54) is 11.0 Å². The fourth-order valence-electron chi connectivity index (χ4n) is 3.56. The minimum absolute atomic E-state index is 0.191. The zero-order chi connectivity index (χ0) is 22.3. The van der Waals surface area contributed by atoms with E-state index in [2.05, 4.69) is 5.32 Å². The number of carbonyl (C=O) groups excluding carboxylic acids is 2. The number of nitrogens with zero attached hydrogens (tertiary/aromatic N) is 1. The van der Waals surface area contributed by atoms with Crippen molar-refractivity contribution in [2.45, 2.75) is 58.3 Å². The highest BCUT2D eigenvalue weighted by molar-refractivity contribution is 5.88. The van der Waals surface area contributed by atoms with Crippen LogP contribution in [0.2, 0.25) is 0 Å². The van der Waals surface area contributed by atoms with Gasteiger partial charge < -0.3 is 19.7 Å². The summed E-state index contributed by atoms with van der Waals surface area (Å²) in [6.45, 7) is 11.1. The quantitative estimate of drug-likeness (QED) is 0.752. The average molecular weight is 416 g/mol. The van der Waals surface area contributed by atoms with Crippen LogP contribution in [-0.2, 0) is 15.0 Å². The Morgan fingerprint density at radius 2 is 1.50 bits per heavy atom. The molecule has 1 heterocycles. The van der Waals surface area contributed by atoms with Gasteiger partial charge in [-0.3, -0.25) is 0 Å². The van der Waals surface area contributed by atoms with Crippen molar-refractivity contribution in [2.24, 2.45) is 0 Å². The van der Waals surface area contributed by atoms with Crippen LogP contribution in [0.4, 0.5) is 14.0 Å². The Balaban J connectivity index is 1.96. The molecule has 0 spiro atoms. The molecule has 1 saturated heterocycles. The molecular weight excluding hydrogens is 387 g/mol. The van der Waals surface area contributed by atoms with Gasteiger partial charge in [-0.1, -0.05) is 30.3 Å². The number of rotatable bonds is 2. The van der Waals surface area contributed by atoms with Crippen LogP contribution in [0.25, 0.3) is 10.8 Å². The first-order valence-electron chi connectivity index (χ1n) is 9.96. The van der Waals surface area contributed by atoms with Crippen molar-refractivity contribution in [1.29, 1.82) is 0 Å². The Hall–Kier alpha value is -2.83. The molecule has 0 aliphatic carbocycles. The SMILES string of the molecule is CC(C)(C)OC(=O)NC1(c2ccc(F)c3ccccc23)CN(C(=O)OC(C)(C)C)C1. The minimum Gasteiger partial charge on any atom is -0.444 e. The highest BCUT2D eigenvalue weighted by Crippen LogP contribution is 2.38. The molecular formula is C23H29FN2O4. The summed E-state index contributed by atoms with van der Waals surface area (Å²) in [7, 11) is 0. The third kappa shape index (κ3) is 4.66. The molecule has 3 rings (SSSR count). The summed E-state index contributed by atoms with van der Waals surface area (Å²) in [5.74, 6) is -0.343. The van der Waals surface area contributed by atoms with Gasteiger partial charge in [0.05, 0.1) is 13.1 Å². The van der Waals surface area contributed by atoms with Gasteiger partial charge >= 0.3 is 12.2 Å². The number of benzene rings is 2. The number of hydrogen-bond acceptors (Lipinski definition) is 4. The normalized spacial score (nSPS) is 16.0. The summed E-state index contributed by atoms with van der Waals surface area (Å²) >= 11 is 0. The molecule has 0 radical (unpaired) electrons. The van der Waals surface area contributed by atoms with Crippen LogP contribution in [-0.4, -0.2) is 41.4 Å². The standard InChI is InChI=1S/C23H29FN2O4/c1-21(2,3)29-19(27)25-23(13-26(14-23)20(28)30-22(4,5)6)17-11-12-18(24)16-10-8-7-9-15(16)17/h7-12H,13-14H2,1-6H3,(H,25,27). The molecule has 0 atom stereocenters. The van der Waals surface area contributed by atoms with Crippen molar-refractivity contribution >= 4 is 23.0 Å². The largest absolute Gasteiger partial charge is 0.444 e. The van der Waals surface area contributed by atoms with E-state index >= 15 is 0 Å². The van der Waals surface area contributed by atoms with Crippen LogP contribution in [0.15, 0.2) is 36.4 Å². The monoisotopic (exact) mass is 416 g/mol. The van der Waals surface area contributed by atoms with Crippen molar-refractivity contribution in [3.05, 3.63) is 47.8 Å². The van der Waals surface area contributed by atoms with Gasteiger partial charge in [-0.05, 0) is 58.6 Å². The molecule has 7 heteroatoms. The lowest BCUT2D eigenvalue weighted by Crippen LogP contribution is -2.69. The van der Waals surface area contributed by atoms with E-state index in [-0.39, 0.29) is 18.9 Å². The van der Waals surface area contributed by atoms with Crippen molar-refractivity contribution in [3.8, 4) is 0 Å². The summed E-state index contributed by atoms with van der Waals surface area (Å²) in [6.07, 6.45) is -1.06. The Morgan fingerprint density at radius 1 is 0.933 bits per heavy atom. The smallest absolute Gasteiger partial charge is 0.410 e. The van der Waals surface area contributed by atoms with Gasteiger partial charge in [0.25, 0.3) is 0 Å². The van der Waals surface area contributed by atoms with Gasteiger partial charge in [0.1, 0.15) is 22.6 Å². The molecule has 162 valence electrons. The van der Waals surface area contributed by atoms with Crippen molar-refractivity contribution < 1.29 is 23.5 Å². The van der Waals surface area contributed by atoms with E-state index in [0.29, 0.717) is 10.8 Å². The maximum Gasteiger partial charge on any atom is 0.410 e. The second kappa shape index (κ2) is 7.45. The first-order valence-corrected chi connectivity index (χ1v) is 9.96. The molecule has 2 aromatic rings. The van der Waals surface area contributed by atoms with Crippen LogP contribution >= 0.6 is 0 Å². The summed E-state index contributed by atoms with van der Waals surface area (Å²) in [5, 5.41) is 4.06. The highest BCUT2D eigenvalue weighted by atomic mass is 19.1. The summed E-state index contributed by atoms with van der Waals surface area (Å²) in [4.78, 5) is 26.6. The molecule has 0 unspecified atom stereocenters. The van der Waals surface area contributed by atoms with E-state index in [4.69, 9.17) is 9.47 Å². The molecule has 2 aromatic carbocycles. The van der Waals surface area contributed by atoms with E-state index in [1.807, 2.05) is 12.1 Å². The molecule has 1 N–H and O–H groups in total. The number of hydrogen-bond donors (Lipinski definition) is 1. The van der Waals surface area contributed by atoms with Gasteiger partial charge in [-0.25, -0.2) is 14.0 Å². The van der Waals surface area contributed by atoms with E-state index in [0.717, 1.165) is 5.56 Å². The van der Waals surface area contributed by atoms with Crippen LogP contribution in [0.1, 0.15) is 47.1 Å². The maximum atomic E-state index is 14.4. The number of alkyl carbamates (subject to hydrolysis) is 1. The lowest BCUT2D eigenvalue weighted by atomic mass is 9.80. The van der Waals surface area contributed by atoms with E-state index < -0.39 is 28.9 Å². The van der Waals surface area contributed by atoms with Gasteiger partial charge in [-0.2, -0.15) is 0 Å². The van der Waals surface area contributed by atoms with Crippen molar-refractivity contribution in [1.82, 2.24) is 10.2 Å². The molecule has 30 heavy (non-hydrogen) atoms. The van der Waals surface area contributed by atoms with Gasteiger partial charge in [-0.15, -0.1) is 0 Å². The second-order valence-corrected chi connectivity index (χ2v) is 9.69. The first kappa shape index (κ1) is 21.9. The summed E-state index contributed by atoms with van der Waals surface area (Å²) < 4.78 is 25.2. The Morgan fingerprint density at radius 3 is 2.07 bits per heavy atom. The van der Waals surface area contributed by atoms with Crippen molar-refractivity contribution in [3.63, 3.8) is 0 Å². The van der Waals surface area contributed by atoms with E-state index in [9.17, 15) is 14.0 Å². The second-order valence-electron chi connectivity index (χ2n) is 9.69. The van der Waals surface area contributed by atoms with Gasteiger partial charge in [0.2, 0.25) is 0 Å². The third-order valence-corrected chi connectivity index (χ3v) is 4.70. The predicted octanol–water partition coefficient (Wildman–Crippen LogP) is 4.95. The van der Waals surface area contributed by atoms with Gasteiger partial charge in [0.15, 0.2) is 0 Å². The lowest BCUT2D eigenvalue weighted by Gasteiger charge is -2.50.